The number of aryl methyl sites for hydroxylation is 1. The fourth-order valence-corrected chi connectivity index (χ4v) is 8.30. The molecule has 0 radical (unpaired) electrons. The Morgan fingerprint density at radius 3 is 2.35 bits per heavy atom. The standard InChI is InChI=1S/C38H37N3O13/c1-14-9-16-10-22(43)37(3)34(49)25-19(33(48)38(37,51)26(16)29(46)23(14)35(50)40-17-7-6-8-39-13-17)11-18-24(28(25)45)21(42)12-20(27(18)44)41-36-32(53-5)30(47)31(52-4)15(2)54-36/h6-9,11-13,15,22,30-32,36,41,43,45-47,51H,10H2,1-5H3,(H,40,50)/t15-,22+,30+,31-,32+,36?,37-,38-/m0/s1. The minimum atomic E-state index is -3.05. The molecule has 0 saturated carbocycles. The van der Waals surface area contributed by atoms with Crippen molar-refractivity contribution < 1.29 is 63.7 Å². The van der Waals surface area contributed by atoms with E-state index < -0.39 is 116 Å². The van der Waals surface area contributed by atoms with Gasteiger partial charge in [0.25, 0.3) is 5.91 Å². The summed E-state index contributed by atoms with van der Waals surface area (Å²) in [6, 6.07) is 5.42. The molecule has 3 aromatic rings. The molecule has 16 heteroatoms. The van der Waals surface area contributed by atoms with E-state index in [1.165, 1.54) is 39.6 Å². The first-order valence-electron chi connectivity index (χ1n) is 17.0. The summed E-state index contributed by atoms with van der Waals surface area (Å²) in [5.41, 5.74) is -8.63. The van der Waals surface area contributed by atoms with E-state index in [9.17, 15) is 49.5 Å². The van der Waals surface area contributed by atoms with Gasteiger partial charge in [-0.2, -0.15) is 0 Å². The number of fused-ring (bicyclic) bond motifs is 5. The molecular weight excluding hydrogens is 706 g/mol. The number of ether oxygens (including phenoxy) is 3. The fraction of sp³-hybridized carbons (Fsp3) is 0.368. The van der Waals surface area contributed by atoms with Crippen molar-refractivity contribution in [3.8, 4) is 11.5 Å². The second-order valence-electron chi connectivity index (χ2n) is 14.1. The predicted octanol–water partition coefficient (Wildman–Crippen LogP) is 1.23. The number of nitrogens with zero attached hydrogens (tertiary/aromatic N) is 1. The molecule has 1 saturated heterocycles. The quantitative estimate of drug-likeness (QED) is 0.188. The van der Waals surface area contributed by atoms with Crippen molar-refractivity contribution in [3.05, 3.63) is 92.9 Å². The van der Waals surface area contributed by atoms with Gasteiger partial charge in [0, 0.05) is 49.6 Å². The first-order chi connectivity index (χ1) is 25.5. The van der Waals surface area contributed by atoms with E-state index in [0.29, 0.717) is 0 Å². The van der Waals surface area contributed by atoms with Crippen LogP contribution < -0.4 is 10.6 Å². The van der Waals surface area contributed by atoms with Gasteiger partial charge in [0.1, 0.15) is 29.8 Å². The van der Waals surface area contributed by atoms with Crippen molar-refractivity contribution in [2.24, 2.45) is 5.41 Å². The van der Waals surface area contributed by atoms with E-state index in [0.717, 1.165) is 19.1 Å². The van der Waals surface area contributed by atoms with E-state index in [1.807, 2.05) is 0 Å². The Labute approximate surface area is 307 Å². The number of ketones is 4. The number of aliphatic hydroxyl groups is 3. The number of aliphatic hydroxyl groups excluding tert-OH is 2. The number of amides is 1. The van der Waals surface area contributed by atoms with Crippen LogP contribution in [-0.4, -0.2) is 111 Å². The van der Waals surface area contributed by atoms with Crippen molar-refractivity contribution in [3.63, 3.8) is 0 Å². The molecule has 8 atom stereocenters. The van der Waals surface area contributed by atoms with Gasteiger partial charge in [-0.05, 0) is 50.1 Å². The Morgan fingerprint density at radius 1 is 1.00 bits per heavy atom. The summed E-state index contributed by atoms with van der Waals surface area (Å²) in [4.78, 5) is 74.3. The number of phenols is 2. The predicted molar refractivity (Wildman–Crippen MR) is 185 cm³/mol. The van der Waals surface area contributed by atoms with Gasteiger partial charge in [-0.3, -0.25) is 29.0 Å². The SMILES string of the molecule is CO[C@@H]1[C@@H](O)[C@@H](OC)C(NC2=CC(=O)c3c(cc4c(c3O)C(=O)[C@]3(C)[C@H](O)Cc5cc(C)c(C(=O)Nc6cccnc6)c(O)c5[C@]3(O)C4=O)C2=O)O[C@H]1C. The van der Waals surface area contributed by atoms with E-state index in [2.05, 4.69) is 15.6 Å². The van der Waals surface area contributed by atoms with E-state index in [-0.39, 0.29) is 34.5 Å². The molecule has 0 bridgehead atoms. The Bertz CT molecular complexity index is 2200. The van der Waals surface area contributed by atoms with Gasteiger partial charge < -0.3 is 50.4 Å². The maximum Gasteiger partial charge on any atom is 0.259 e. The number of phenolic OH excluding ortho intramolecular Hbond substituents is 2. The molecule has 7 N–H and O–H groups in total. The summed E-state index contributed by atoms with van der Waals surface area (Å²) >= 11 is 0. The molecule has 1 unspecified atom stereocenters. The summed E-state index contributed by atoms with van der Waals surface area (Å²) in [6.07, 6.45) is -3.36. The van der Waals surface area contributed by atoms with Crippen LogP contribution in [-0.2, 0) is 26.2 Å². The molecule has 1 amide bonds. The highest BCUT2D eigenvalue weighted by atomic mass is 16.6. The number of nitrogens with one attached hydrogen (secondary N) is 2. The van der Waals surface area contributed by atoms with Crippen LogP contribution in [0.15, 0.2) is 48.4 Å². The fourth-order valence-electron chi connectivity index (χ4n) is 8.30. The van der Waals surface area contributed by atoms with Crippen LogP contribution in [0, 0.1) is 12.3 Å². The summed E-state index contributed by atoms with van der Waals surface area (Å²) < 4.78 is 16.6. The number of pyridine rings is 1. The number of hydrogen-bond acceptors (Lipinski definition) is 15. The molecule has 1 aliphatic heterocycles. The van der Waals surface area contributed by atoms with E-state index in [1.54, 1.807) is 19.1 Å². The molecule has 7 rings (SSSR count). The van der Waals surface area contributed by atoms with Crippen LogP contribution in [0.1, 0.15) is 82.3 Å². The van der Waals surface area contributed by atoms with Gasteiger partial charge in [0.15, 0.2) is 23.4 Å². The normalized spacial score (nSPS) is 30.1. The third kappa shape index (κ3) is 4.98. The van der Waals surface area contributed by atoms with Gasteiger partial charge in [0.05, 0.1) is 51.9 Å². The topological polar surface area (TPSA) is 251 Å². The minimum Gasteiger partial charge on any atom is -0.507 e. The van der Waals surface area contributed by atoms with Crippen molar-refractivity contribution in [1.82, 2.24) is 10.3 Å². The van der Waals surface area contributed by atoms with Gasteiger partial charge in [-0.25, -0.2) is 0 Å². The average molecular weight is 744 g/mol. The Hall–Kier alpha value is -5.36. The number of carbonyl (C=O) groups is 5. The van der Waals surface area contributed by atoms with Crippen molar-refractivity contribution >= 4 is 34.7 Å². The molecule has 54 heavy (non-hydrogen) atoms. The Morgan fingerprint density at radius 2 is 1.70 bits per heavy atom. The summed E-state index contributed by atoms with van der Waals surface area (Å²) in [5, 5.41) is 63.6. The van der Waals surface area contributed by atoms with Gasteiger partial charge in [0.2, 0.25) is 11.6 Å². The van der Waals surface area contributed by atoms with Crippen LogP contribution >= 0.6 is 0 Å². The number of benzene rings is 2. The third-order valence-corrected chi connectivity index (χ3v) is 11.1. The first-order valence-corrected chi connectivity index (χ1v) is 17.0. The lowest BCUT2D eigenvalue weighted by molar-refractivity contribution is -0.236. The number of Topliss-reactive ketones (excluding diaryl/α,β-unsaturated/α-hetero) is 3. The minimum absolute atomic E-state index is 0.0650. The maximum atomic E-state index is 14.7. The highest BCUT2D eigenvalue weighted by molar-refractivity contribution is 6.30. The summed E-state index contributed by atoms with van der Waals surface area (Å²) in [6.45, 7) is 4.21. The number of hydrogen-bond donors (Lipinski definition) is 7. The van der Waals surface area contributed by atoms with E-state index >= 15 is 0 Å². The van der Waals surface area contributed by atoms with E-state index in [4.69, 9.17) is 14.2 Å². The Kier molecular flexibility index (Phi) is 8.83. The summed E-state index contributed by atoms with van der Waals surface area (Å²) in [5.74, 6) is -6.97. The number of aromatic hydroxyl groups is 2. The maximum absolute atomic E-state index is 14.7. The van der Waals surface area contributed by atoms with Crippen molar-refractivity contribution in [1.29, 1.82) is 0 Å². The average Bonchev–Trinajstić information content (AvgIpc) is 3.11. The Balaban J connectivity index is 1.34. The number of rotatable bonds is 6. The zero-order valence-corrected chi connectivity index (χ0v) is 29.7. The number of carbonyl (C=O) groups excluding carboxylic acids is 5. The zero-order valence-electron chi connectivity index (χ0n) is 29.7. The molecule has 0 spiro atoms. The second-order valence-corrected chi connectivity index (χ2v) is 14.1. The highest BCUT2D eigenvalue weighted by Gasteiger charge is 2.69. The summed E-state index contributed by atoms with van der Waals surface area (Å²) in [7, 11) is 2.68. The monoisotopic (exact) mass is 743 g/mol. The van der Waals surface area contributed by atoms with Crippen molar-refractivity contribution in [2.45, 2.75) is 69.5 Å². The van der Waals surface area contributed by atoms with Gasteiger partial charge in [-0.1, -0.05) is 6.07 Å². The van der Waals surface area contributed by atoms with Crippen LogP contribution in [0.25, 0.3) is 0 Å². The molecule has 3 aliphatic carbocycles. The van der Waals surface area contributed by atoms with Gasteiger partial charge in [-0.15, -0.1) is 0 Å². The molecule has 1 fully saturated rings. The number of allylic oxidation sites excluding steroid dienone is 2. The largest absolute Gasteiger partial charge is 0.507 e. The van der Waals surface area contributed by atoms with Crippen LogP contribution in [0.2, 0.25) is 0 Å². The van der Waals surface area contributed by atoms with Gasteiger partial charge >= 0.3 is 0 Å². The lowest BCUT2D eigenvalue weighted by Crippen LogP contribution is -2.65. The van der Waals surface area contributed by atoms with Crippen LogP contribution in [0.3, 0.4) is 0 Å². The van der Waals surface area contributed by atoms with Crippen molar-refractivity contribution in [2.75, 3.05) is 19.5 Å². The molecule has 4 aliphatic rings. The molecule has 1 aromatic heterocycles. The molecule has 2 heterocycles. The molecule has 16 nitrogen and oxygen atoms in total. The van der Waals surface area contributed by atoms with Crippen LogP contribution in [0.4, 0.5) is 5.69 Å². The zero-order chi connectivity index (χ0) is 39.2. The lowest BCUT2D eigenvalue weighted by atomic mass is 9.51. The first kappa shape index (κ1) is 37.0. The molecule has 282 valence electrons. The number of methoxy groups -OCH3 is 2. The molecular formula is C38H37N3O13. The van der Waals surface area contributed by atoms with Crippen LogP contribution in [0.5, 0.6) is 11.5 Å². The smallest absolute Gasteiger partial charge is 0.259 e. The second kappa shape index (κ2) is 12.9. The highest BCUT2D eigenvalue weighted by Crippen LogP contribution is 2.59. The number of anilines is 1. The lowest BCUT2D eigenvalue weighted by Gasteiger charge is -2.52. The molecule has 2 aromatic carbocycles. The number of aromatic nitrogens is 1. The third-order valence-electron chi connectivity index (χ3n) is 11.1.